The lowest BCUT2D eigenvalue weighted by atomic mass is 10.0. The van der Waals surface area contributed by atoms with E-state index in [-0.39, 0.29) is 30.7 Å². The van der Waals surface area contributed by atoms with Gasteiger partial charge < -0.3 is 20.3 Å². The molecule has 0 aromatic heterocycles. The fourth-order valence-corrected chi connectivity index (χ4v) is 3.53. The van der Waals surface area contributed by atoms with E-state index in [1.165, 1.54) is 0 Å². The molecule has 6 heteroatoms. The van der Waals surface area contributed by atoms with Gasteiger partial charge in [0.15, 0.2) is 0 Å². The Hall–Kier alpha value is -2.08. The van der Waals surface area contributed by atoms with Gasteiger partial charge in [-0.05, 0) is 44.6 Å². The largest absolute Gasteiger partial charge is 0.445 e. The molecule has 1 saturated heterocycles. The topological polar surface area (TPSA) is 75.9 Å². The number of nitrogens with zero attached hydrogens (tertiary/aromatic N) is 2. The molecule has 1 aromatic rings. The van der Waals surface area contributed by atoms with Gasteiger partial charge in [0.1, 0.15) is 6.61 Å². The van der Waals surface area contributed by atoms with E-state index >= 15 is 0 Å². The molecule has 1 aliphatic carbocycles. The molecule has 2 amide bonds. The zero-order chi connectivity index (χ0) is 18.5. The van der Waals surface area contributed by atoms with Crippen LogP contribution in [0.2, 0.25) is 0 Å². The quantitative estimate of drug-likeness (QED) is 0.847. The van der Waals surface area contributed by atoms with Crippen LogP contribution < -0.4 is 5.73 Å². The van der Waals surface area contributed by atoms with Crippen molar-refractivity contribution in [3.63, 3.8) is 0 Å². The van der Waals surface area contributed by atoms with E-state index in [2.05, 4.69) is 0 Å². The lowest BCUT2D eigenvalue weighted by Crippen LogP contribution is -2.53. The van der Waals surface area contributed by atoms with Gasteiger partial charge in [-0.15, -0.1) is 0 Å². The molecule has 0 spiro atoms. The smallest absolute Gasteiger partial charge is 0.410 e. The number of likely N-dealkylation sites (tertiary alicyclic amines) is 1. The Morgan fingerprint density at radius 1 is 1.23 bits per heavy atom. The molecule has 6 nitrogen and oxygen atoms in total. The van der Waals surface area contributed by atoms with E-state index in [1.807, 2.05) is 35.2 Å². The van der Waals surface area contributed by atoms with Crippen molar-refractivity contribution in [1.82, 2.24) is 9.80 Å². The number of amides is 2. The number of ether oxygens (including phenoxy) is 1. The number of hydrogen-bond acceptors (Lipinski definition) is 4. The Morgan fingerprint density at radius 3 is 2.62 bits per heavy atom. The van der Waals surface area contributed by atoms with Crippen LogP contribution in [0.5, 0.6) is 0 Å². The Labute approximate surface area is 155 Å². The van der Waals surface area contributed by atoms with Gasteiger partial charge >= 0.3 is 6.09 Å². The summed E-state index contributed by atoms with van der Waals surface area (Å²) in [6.45, 7) is 3.24. The number of piperidine rings is 1. The van der Waals surface area contributed by atoms with Crippen LogP contribution in [0.15, 0.2) is 30.3 Å². The molecule has 1 saturated carbocycles. The Morgan fingerprint density at radius 2 is 1.96 bits per heavy atom. The van der Waals surface area contributed by atoms with Crippen molar-refractivity contribution < 1.29 is 14.3 Å². The van der Waals surface area contributed by atoms with Gasteiger partial charge in [0.05, 0.1) is 12.1 Å². The van der Waals surface area contributed by atoms with Gasteiger partial charge in [0.25, 0.3) is 0 Å². The number of benzene rings is 1. The highest BCUT2D eigenvalue weighted by Crippen LogP contribution is 2.29. The normalized spacial score (nSPS) is 21.2. The number of carbonyl (C=O) groups is 2. The second kappa shape index (κ2) is 8.54. The summed E-state index contributed by atoms with van der Waals surface area (Å²) in [6.07, 6.45) is 4.71. The molecule has 1 aliphatic heterocycles. The van der Waals surface area contributed by atoms with E-state index in [9.17, 15) is 9.59 Å². The van der Waals surface area contributed by atoms with Crippen molar-refractivity contribution in [2.24, 2.45) is 5.73 Å². The van der Waals surface area contributed by atoms with Gasteiger partial charge in [-0.25, -0.2) is 4.79 Å². The van der Waals surface area contributed by atoms with Crippen LogP contribution in [0.4, 0.5) is 4.79 Å². The number of carbonyl (C=O) groups excluding carboxylic acids is 2. The molecule has 2 aliphatic rings. The number of nitrogens with two attached hydrogens (primary N) is 1. The number of hydrogen-bond donors (Lipinski definition) is 1. The molecule has 2 N–H and O–H groups in total. The van der Waals surface area contributed by atoms with Crippen LogP contribution in [0.1, 0.15) is 44.6 Å². The predicted octanol–water partition coefficient (Wildman–Crippen LogP) is 2.52. The van der Waals surface area contributed by atoms with Crippen molar-refractivity contribution in [2.45, 2.75) is 63.8 Å². The van der Waals surface area contributed by atoms with E-state index in [0.717, 1.165) is 37.7 Å². The first kappa shape index (κ1) is 18.7. The standard InChI is InChI=1S/C20H29N3O3/c1-15(21)19(24)23(17-10-11-17)13-18-9-5-6-12-22(18)20(25)26-14-16-7-3-2-4-8-16/h2-4,7-8,15,17-18H,5-6,9-14,21H2,1H3/t15-,18?/m0/s1. The summed E-state index contributed by atoms with van der Waals surface area (Å²) in [5.41, 5.74) is 6.79. The molecule has 0 radical (unpaired) electrons. The fraction of sp³-hybridized carbons (Fsp3) is 0.600. The van der Waals surface area contributed by atoms with Gasteiger partial charge in [-0.3, -0.25) is 4.79 Å². The van der Waals surface area contributed by atoms with Crippen LogP contribution in [0.25, 0.3) is 0 Å². The second-order valence-electron chi connectivity index (χ2n) is 7.39. The molecule has 0 bridgehead atoms. The van der Waals surface area contributed by atoms with Crippen LogP contribution >= 0.6 is 0 Å². The first-order chi connectivity index (χ1) is 12.6. The SMILES string of the molecule is C[C@H](N)C(=O)N(CC1CCCCN1C(=O)OCc1ccccc1)C1CC1. The number of rotatable bonds is 6. The zero-order valence-electron chi connectivity index (χ0n) is 15.5. The molecule has 142 valence electrons. The van der Waals surface area contributed by atoms with E-state index < -0.39 is 6.04 Å². The lowest BCUT2D eigenvalue weighted by Gasteiger charge is -2.38. The third-order valence-corrected chi connectivity index (χ3v) is 5.13. The lowest BCUT2D eigenvalue weighted by molar-refractivity contribution is -0.133. The van der Waals surface area contributed by atoms with Gasteiger partial charge in [0.2, 0.25) is 5.91 Å². The predicted molar refractivity (Wildman–Crippen MR) is 99.4 cm³/mol. The van der Waals surface area contributed by atoms with Crippen molar-refractivity contribution >= 4 is 12.0 Å². The molecule has 26 heavy (non-hydrogen) atoms. The molecule has 2 fully saturated rings. The first-order valence-electron chi connectivity index (χ1n) is 9.59. The maximum Gasteiger partial charge on any atom is 0.410 e. The second-order valence-corrected chi connectivity index (χ2v) is 7.39. The summed E-state index contributed by atoms with van der Waals surface area (Å²) >= 11 is 0. The monoisotopic (exact) mass is 359 g/mol. The van der Waals surface area contributed by atoms with Crippen molar-refractivity contribution in [2.75, 3.05) is 13.1 Å². The Balaban J connectivity index is 1.61. The minimum absolute atomic E-state index is 0.00956. The van der Waals surface area contributed by atoms with E-state index in [4.69, 9.17) is 10.5 Å². The highest BCUT2D eigenvalue weighted by Gasteiger charge is 2.38. The molecule has 1 heterocycles. The molecule has 1 unspecified atom stereocenters. The van der Waals surface area contributed by atoms with Crippen molar-refractivity contribution in [3.8, 4) is 0 Å². The minimum atomic E-state index is -0.502. The van der Waals surface area contributed by atoms with Gasteiger partial charge in [0, 0.05) is 19.1 Å². The van der Waals surface area contributed by atoms with Gasteiger partial charge in [-0.2, -0.15) is 0 Å². The average Bonchev–Trinajstić information content (AvgIpc) is 3.49. The average molecular weight is 359 g/mol. The van der Waals surface area contributed by atoms with Crippen LogP contribution in [-0.2, 0) is 16.1 Å². The van der Waals surface area contributed by atoms with Crippen LogP contribution in [-0.4, -0.2) is 53.0 Å². The molecule has 1 aromatic carbocycles. The third-order valence-electron chi connectivity index (χ3n) is 5.13. The summed E-state index contributed by atoms with van der Waals surface area (Å²) in [7, 11) is 0. The van der Waals surface area contributed by atoms with Crippen molar-refractivity contribution in [1.29, 1.82) is 0 Å². The molecule has 2 atom stereocenters. The highest BCUT2D eigenvalue weighted by molar-refractivity contribution is 5.82. The van der Waals surface area contributed by atoms with E-state index in [1.54, 1.807) is 11.8 Å². The van der Waals surface area contributed by atoms with Crippen molar-refractivity contribution in [3.05, 3.63) is 35.9 Å². The summed E-state index contributed by atoms with van der Waals surface area (Å²) in [5.74, 6) is -0.0179. The molecular formula is C20H29N3O3. The Bertz CT molecular complexity index is 616. The van der Waals surface area contributed by atoms with E-state index in [0.29, 0.717) is 13.1 Å². The minimum Gasteiger partial charge on any atom is -0.445 e. The summed E-state index contributed by atoms with van der Waals surface area (Å²) < 4.78 is 5.52. The fourth-order valence-electron chi connectivity index (χ4n) is 3.53. The van der Waals surface area contributed by atoms with Crippen LogP contribution in [0, 0.1) is 0 Å². The van der Waals surface area contributed by atoms with Crippen LogP contribution in [0.3, 0.4) is 0 Å². The summed E-state index contributed by atoms with van der Waals surface area (Å²) in [5, 5.41) is 0. The molecular weight excluding hydrogens is 330 g/mol. The zero-order valence-corrected chi connectivity index (χ0v) is 15.5. The highest BCUT2D eigenvalue weighted by atomic mass is 16.6. The Kier molecular flexibility index (Phi) is 6.14. The first-order valence-corrected chi connectivity index (χ1v) is 9.59. The summed E-state index contributed by atoms with van der Waals surface area (Å²) in [6, 6.07) is 9.48. The maximum atomic E-state index is 12.6. The van der Waals surface area contributed by atoms with Gasteiger partial charge in [-0.1, -0.05) is 30.3 Å². The maximum absolute atomic E-state index is 12.6. The molecule has 3 rings (SSSR count). The third kappa shape index (κ3) is 4.75. The summed E-state index contributed by atoms with van der Waals surface area (Å²) in [4.78, 5) is 28.8.